The zero-order chi connectivity index (χ0) is 14.6. The summed E-state index contributed by atoms with van der Waals surface area (Å²) in [6, 6.07) is 1.57. The molecule has 0 amide bonds. The van der Waals surface area contributed by atoms with E-state index in [0.717, 1.165) is 0 Å². The van der Waals surface area contributed by atoms with E-state index >= 15 is 0 Å². The van der Waals surface area contributed by atoms with Crippen molar-refractivity contribution in [3.05, 3.63) is 37.9 Å². The maximum absolute atomic E-state index is 11.1. The summed E-state index contributed by atoms with van der Waals surface area (Å²) < 4.78 is 0. The normalized spacial score (nSPS) is 12.2. The summed E-state index contributed by atoms with van der Waals surface area (Å²) in [6.07, 6.45) is -0.112. The Labute approximate surface area is 119 Å². The average molecular weight is 307 g/mol. The molecule has 19 heavy (non-hydrogen) atoms. The quantitative estimate of drug-likeness (QED) is 0.622. The number of nitro benzene ring substituents is 1. The monoisotopic (exact) mass is 306 g/mol. The first-order valence-corrected chi connectivity index (χ1v) is 6.21. The van der Waals surface area contributed by atoms with E-state index < -0.39 is 16.9 Å². The number of carboxylic acid groups (broad SMARTS) is 1. The van der Waals surface area contributed by atoms with Crippen LogP contribution in [0.5, 0.6) is 0 Å². The second-order valence-corrected chi connectivity index (χ2v) is 4.55. The molecule has 0 aliphatic heterocycles. The molecule has 0 bridgehead atoms. The van der Waals surface area contributed by atoms with Gasteiger partial charge in [-0.3, -0.25) is 14.9 Å². The maximum atomic E-state index is 11.1. The van der Waals surface area contributed by atoms with Crippen molar-refractivity contribution in [2.45, 2.75) is 19.4 Å². The summed E-state index contributed by atoms with van der Waals surface area (Å²) >= 11 is 11.7. The Bertz CT molecular complexity index is 508. The number of nitro groups is 1. The first kappa shape index (κ1) is 15.7. The summed E-state index contributed by atoms with van der Waals surface area (Å²) in [5.41, 5.74) is -0.119. The van der Waals surface area contributed by atoms with E-state index in [1.165, 1.54) is 12.1 Å². The number of aliphatic carboxylic acids is 1. The molecule has 0 fully saturated rings. The van der Waals surface area contributed by atoms with E-state index in [0.29, 0.717) is 6.54 Å². The SMILES string of the molecule is CCN[C@@H](Cc1c([N+](=O)[O-])ccc(Cl)c1Cl)C(=O)O. The van der Waals surface area contributed by atoms with Crippen LogP contribution in [0.4, 0.5) is 5.69 Å². The first-order chi connectivity index (χ1) is 8.88. The van der Waals surface area contributed by atoms with Gasteiger partial charge in [0.15, 0.2) is 0 Å². The molecule has 2 N–H and O–H groups in total. The zero-order valence-corrected chi connectivity index (χ0v) is 11.5. The Balaban J connectivity index is 3.20. The van der Waals surface area contributed by atoms with Crippen molar-refractivity contribution in [2.75, 3.05) is 6.54 Å². The number of carboxylic acids is 1. The standard InChI is InChI=1S/C11H12Cl2N2O4/c1-2-14-8(11(16)17)5-6-9(15(18)19)4-3-7(12)10(6)13/h3-4,8,14H,2,5H2,1H3,(H,16,17)/t8-/m0/s1. The molecule has 8 heteroatoms. The van der Waals surface area contributed by atoms with Gasteiger partial charge < -0.3 is 10.4 Å². The van der Waals surface area contributed by atoms with Gasteiger partial charge in [0.2, 0.25) is 0 Å². The fourth-order valence-corrected chi connectivity index (χ4v) is 2.06. The van der Waals surface area contributed by atoms with Crippen molar-refractivity contribution in [3.8, 4) is 0 Å². The van der Waals surface area contributed by atoms with Crippen molar-refractivity contribution in [2.24, 2.45) is 0 Å². The van der Waals surface area contributed by atoms with Crippen LogP contribution in [-0.4, -0.2) is 28.6 Å². The Hall–Kier alpha value is -1.37. The Morgan fingerprint density at radius 3 is 2.63 bits per heavy atom. The number of nitrogens with one attached hydrogen (secondary N) is 1. The third-order valence-corrected chi connectivity index (χ3v) is 3.37. The van der Waals surface area contributed by atoms with Crippen LogP contribution < -0.4 is 5.32 Å². The van der Waals surface area contributed by atoms with E-state index in [9.17, 15) is 14.9 Å². The summed E-state index contributed by atoms with van der Waals surface area (Å²) in [6.45, 7) is 2.16. The van der Waals surface area contributed by atoms with E-state index in [4.69, 9.17) is 28.3 Å². The number of nitrogens with zero attached hydrogens (tertiary/aromatic N) is 1. The highest BCUT2D eigenvalue weighted by molar-refractivity contribution is 6.42. The summed E-state index contributed by atoms with van der Waals surface area (Å²) in [5, 5.41) is 22.9. The number of hydrogen-bond acceptors (Lipinski definition) is 4. The van der Waals surface area contributed by atoms with Crippen molar-refractivity contribution < 1.29 is 14.8 Å². The highest BCUT2D eigenvalue weighted by atomic mass is 35.5. The van der Waals surface area contributed by atoms with Crippen LogP contribution in [0.2, 0.25) is 10.0 Å². The summed E-state index contributed by atoms with van der Waals surface area (Å²) in [4.78, 5) is 21.4. The minimum atomic E-state index is -1.10. The Morgan fingerprint density at radius 1 is 1.53 bits per heavy atom. The largest absolute Gasteiger partial charge is 0.480 e. The Morgan fingerprint density at radius 2 is 2.16 bits per heavy atom. The Kier molecular flexibility index (Phi) is 5.53. The molecule has 0 spiro atoms. The van der Waals surface area contributed by atoms with Crippen LogP contribution >= 0.6 is 23.2 Å². The van der Waals surface area contributed by atoms with Gasteiger partial charge >= 0.3 is 5.97 Å². The third-order valence-electron chi connectivity index (χ3n) is 2.52. The molecule has 0 aliphatic rings. The molecule has 1 aromatic rings. The molecule has 0 unspecified atom stereocenters. The van der Waals surface area contributed by atoms with E-state index in [1.54, 1.807) is 6.92 Å². The molecule has 0 heterocycles. The van der Waals surface area contributed by atoms with Gasteiger partial charge in [0, 0.05) is 12.5 Å². The van der Waals surface area contributed by atoms with Crippen molar-refractivity contribution in [3.63, 3.8) is 0 Å². The second kappa shape index (κ2) is 6.70. The number of rotatable bonds is 6. The molecule has 0 aromatic heterocycles. The predicted octanol–water partition coefficient (Wildman–Crippen LogP) is 2.51. The lowest BCUT2D eigenvalue weighted by molar-refractivity contribution is -0.385. The number of hydrogen-bond donors (Lipinski definition) is 2. The lowest BCUT2D eigenvalue weighted by atomic mass is 10.0. The van der Waals surface area contributed by atoms with E-state index in [-0.39, 0.29) is 27.7 Å². The van der Waals surface area contributed by atoms with Gasteiger partial charge in [-0.1, -0.05) is 30.1 Å². The van der Waals surface area contributed by atoms with Gasteiger partial charge in [0.25, 0.3) is 5.69 Å². The van der Waals surface area contributed by atoms with Crippen LogP contribution in [0, 0.1) is 10.1 Å². The zero-order valence-electron chi connectivity index (χ0n) is 10.0. The molecule has 0 aliphatic carbocycles. The molecule has 104 valence electrons. The van der Waals surface area contributed by atoms with Crippen LogP contribution in [0.15, 0.2) is 12.1 Å². The van der Waals surface area contributed by atoms with Crippen molar-refractivity contribution >= 4 is 34.9 Å². The number of likely N-dealkylation sites (N-methyl/N-ethyl adjacent to an activating group) is 1. The minimum Gasteiger partial charge on any atom is -0.480 e. The van der Waals surface area contributed by atoms with Gasteiger partial charge in [0.05, 0.1) is 20.5 Å². The van der Waals surface area contributed by atoms with Crippen LogP contribution in [0.25, 0.3) is 0 Å². The topological polar surface area (TPSA) is 92.5 Å². The third kappa shape index (κ3) is 3.79. The molecular formula is C11H12Cl2N2O4. The molecular weight excluding hydrogens is 295 g/mol. The maximum Gasteiger partial charge on any atom is 0.321 e. The summed E-state index contributed by atoms with van der Waals surface area (Å²) in [7, 11) is 0. The van der Waals surface area contributed by atoms with Gasteiger partial charge in [0.1, 0.15) is 6.04 Å². The van der Waals surface area contributed by atoms with Gasteiger partial charge in [-0.15, -0.1) is 0 Å². The van der Waals surface area contributed by atoms with Gasteiger partial charge in [-0.05, 0) is 12.6 Å². The van der Waals surface area contributed by atoms with E-state index in [1.807, 2.05) is 0 Å². The molecule has 1 aromatic carbocycles. The first-order valence-electron chi connectivity index (χ1n) is 5.45. The number of halogens is 2. The molecule has 0 radical (unpaired) electrons. The highest BCUT2D eigenvalue weighted by Gasteiger charge is 2.25. The van der Waals surface area contributed by atoms with Crippen LogP contribution in [-0.2, 0) is 11.2 Å². The fourth-order valence-electron chi connectivity index (χ4n) is 1.64. The van der Waals surface area contributed by atoms with E-state index in [2.05, 4.69) is 5.32 Å². The van der Waals surface area contributed by atoms with Gasteiger partial charge in [-0.2, -0.15) is 0 Å². The minimum absolute atomic E-state index is 0.0139. The number of carbonyl (C=O) groups is 1. The van der Waals surface area contributed by atoms with Crippen molar-refractivity contribution in [1.29, 1.82) is 0 Å². The second-order valence-electron chi connectivity index (χ2n) is 3.77. The van der Waals surface area contributed by atoms with Crippen LogP contribution in [0.3, 0.4) is 0 Å². The average Bonchev–Trinajstić information content (AvgIpc) is 2.33. The smallest absolute Gasteiger partial charge is 0.321 e. The molecule has 1 rings (SSSR count). The van der Waals surface area contributed by atoms with Gasteiger partial charge in [-0.25, -0.2) is 0 Å². The number of benzene rings is 1. The highest BCUT2D eigenvalue weighted by Crippen LogP contribution is 2.33. The fraction of sp³-hybridized carbons (Fsp3) is 0.364. The molecule has 0 saturated heterocycles. The van der Waals surface area contributed by atoms with Crippen LogP contribution in [0.1, 0.15) is 12.5 Å². The molecule has 1 atom stereocenters. The lowest BCUT2D eigenvalue weighted by Gasteiger charge is -2.14. The predicted molar refractivity (Wildman–Crippen MR) is 71.9 cm³/mol. The lowest BCUT2D eigenvalue weighted by Crippen LogP contribution is -2.38. The molecule has 6 nitrogen and oxygen atoms in total. The molecule has 0 saturated carbocycles. The van der Waals surface area contributed by atoms with Crippen molar-refractivity contribution in [1.82, 2.24) is 5.32 Å². The summed E-state index contributed by atoms with van der Waals surface area (Å²) in [5.74, 6) is -1.10.